The van der Waals surface area contributed by atoms with Crippen molar-refractivity contribution in [2.75, 3.05) is 52.7 Å². The molecule has 16 atom stereocenters. The fourth-order valence-electron chi connectivity index (χ4n) is 5.79. The van der Waals surface area contributed by atoms with E-state index >= 15 is 0 Å². The Labute approximate surface area is 315 Å². The molecular formula is C31H56N4O20. The molecule has 24 heteroatoms. The first-order chi connectivity index (χ1) is 26.1. The van der Waals surface area contributed by atoms with E-state index < -0.39 is 143 Å². The van der Waals surface area contributed by atoms with Crippen molar-refractivity contribution in [3.05, 3.63) is 0 Å². The van der Waals surface area contributed by atoms with Gasteiger partial charge in [-0.3, -0.25) is 19.8 Å². The standard InChI is InChI=1S/C31H56N4O20/c1-13(38)14(4-2-3-5-32)34-35-19(40)12-49-11-18(39)33-6-7-50-30-27(48)28(55-31-26(47)24(45)21(42)16(9-37)53-31)22(43)17(54-30)10-51-29-25(46)23(44)20(41)15(8-36)52-29/h14-17,20-31,34,36-37,41-48H,2-12,32H2,1H3,(H,33,39)(H,35,40)/t14-,15+,16+,17+,20+,21+,22+,23-,24-,25-,26-,27-,28-,29-,30+,31+/m0/s1. The highest BCUT2D eigenvalue weighted by atomic mass is 16.7. The average Bonchev–Trinajstić information content (AvgIpc) is 3.16. The second-order valence-electron chi connectivity index (χ2n) is 13.2. The fourth-order valence-corrected chi connectivity index (χ4v) is 5.79. The number of ether oxygens (including phenoxy) is 7. The van der Waals surface area contributed by atoms with Crippen molar-refractivity contribution >= 4 is 17.6 Å². The topological polar surface area (TPSA) is 380 Å². The van der Waals surface area contributed by atoms with Crippen LogP contribution >= 0.6 is 0 Å². The summed E-state index contributed by atoms with van der Waals surface area (Å²) in [5.74, 6) is -1.49. The molecule has 0 radical (unpaired) electrons. The minimum absolute atomic E-state index is 0.184. The third kappa shape index (κ3) is 13.5. The van der Waals surface area contributed by atoms with Gasteiger partial charge in [-0.2, -0.15) is 0 Å². The van der Waals surface area contributed by atoms with Gasteiger partial charge in [-0.15, -0.1) is 0 Å². The van der Waals surface area contributed by atoms with Crippen LogP contribution in [0.4, 0.5) is 0 Å². The first-order valence-corrected chi connectivity index (χ1v) is 17.8. The number of nitrogens with two attached hydrogens (primary N) is 1. The molecule has 0 unspecified atom stereocenters. The first-order valence-electron chi connectivity index (χ1n) is 17.8. The van der Waals surface area contributed by atoms with Gasteiger partial charge in [-0.25, -0.2) is 5.43 Å². The van der Waals surface area contributed by atoms with Gasteiger partial charge in [-0.1, -0.05) is 6.42 Å². The lowest BCUT2D eigenvalue weighted by Gasteiger charge is -2.46. The number of carbonyl (C=O) groups is 3. The van der Waals surface area contributed by atoms with Crippen LogP contribution in [0.3, 0.4) is 0 Å². The maximum atomic E-state index is 12.3. The molecular weight excluding hydrogens is 748 g/mol. The van der Waals surface area contributed by atoms with Gasteiger partial charge in [-0.05, 0) is 26.3 Å². The molecule has 3 rings (SSSR count). The monoisotopic (exact) mass is 804 g/mol. The molecule has 3 heterocycles. The van der Waals surface area contributed by atoms with E-state index in [9.17, 15) is 65.4 Å². The Morgan fingerprint density at radius 1 is 0.691 bits per heavy atom. The highest BCUT2D eigenvalue weighted by Gasteiger charge is 2.52. The van der Waals surface area contributed by atoms with E-state index in [1.54, 1.807) is 0 Å². The number of carbonyl (C=O) groups excluding carboxylic acids is 3. The highest BCUT2D eigenvalue weighted by Crippen LogP contribution is 2.31. The molecule has 0 spiro atoms. The maximum absolute atomic E-state index is 12.3. The zero-order valence-corrected chi connectivity index (χ0v) is 30.1. The number of unbranched alkanes of at least 4 members (excludes halogenated alkanes) is 1. The summed E-state index contributed by atoms with van der Waals surface area (Å²) < 4.78 is 38.1. The number of rotatable bonds is 22. The van der Waals surface area contributed by atoms with Crippen LogP contribution in [0.5, 0.6) is 0 Å². The molecule has 3 saturated heterocycles. The summed E-state index contributed by atoms with van der Waals surface area (Å²) in [6.07, 6.45) is -23.7. The number of aliphatic hydroxyl groups is 10. The Morgan fingerprint density at radius 2 is 1.25 bits per heavy atom. The molecule has 0 aromatic carbocycles. The zero-order valence-electron chi connectivity index (χ0n) is 30.1. The second-order valence-corrected chi connectivity index (χ2v) is 13.2. The van der Waals surface area contributed by atoms with Crippen molar-refractivity contribution < 1.29 is 98.6 Å². The Balaban J connectivity index is 1.56. The van der Waals surface area contributed by atoms with E-state index in [1.807, 2.05) is 0 Å². The summed E-state index contributed by atoms with van der Waals surface area (Å²) in [6, 6.07) is -0.617. The highest BCUT2D eigenvalue weighted by molar-refractivity contribution is 5.82. The molecule has 15 N–H and O–H groups in total. The number of amides is 2. The van der Waals surface area contributed by atoms with Crippen molar-refractivity contribution in [3.8, 4) is 0 Å². The molecule has 0 saturated carbocycles. The fraction of sp³-hybridized carbons (Fsp3) is 0.903. The number of hydrogen-bond donors (Lipinski definition) is 14. The predicted octanol–water partition coefficient (Wildman–Crippen LogP) is -8.71. The summed E-state index contributed by atoms with van der Waals surface area (Å²) in [5.41, 5.74) is 10.4. The number of nitrogens with one attached hydrogen (secondary N) is 3. The van der Waals surface area contributed by atoms with Crippen LogP contribution in [0.25, 0.3) is 0 Å². The lowest BCUT2D eigenvalue weighted by molar-refractivity contribution is -0.366. The molecule has 3 aliphatic rings. The minimum atomic E-state index is -1.92. The van der Waals surface area contributed by atoms with Crippen LogP contribution in [0.1, 0.15) is 26.2 Å². The second kappa shape index (κ2) is 23.3. The molecule has 55 heavy (non-hydrogen) atoms. The molecule has 0 aromatic rings. The van der Waals surface area contributed by atoms with Crippen LogP contribution in [0, 0.1) is 0 Å². The number of Topliss-reactive ketones (excluding diaryl/α,β-unsaturated/α-hetero) is 1. The van der Waals surface area contributed by atoms with Crippen molar-refractivity contribution in [2.45, 2.75) is 124 Å². The van der Waals surface area contributed by atoms with Crippen LogP contribution in [-0.2, 0) is 47.5 Å². The number of ketones is 1. The number of aliphatic hydroxyl groups excluding tert-OH is 10. The van der Waals surface area contributed by atoms with Crippen molar-refractivity contribution in [1.82, 2.24) is 16.2 Å². The minimum Gasteiger partial charge on any atom is -0.394 e. The quantitative estimate of drug-likeness (QED) is 0.0357. The van der Waals surface area contributed by atoms with Gasteiger partial charge in [0.2, 0.25) is 5.91 Å². The van der Waals surface area contributed by atoms with Crippen molar-refractivity contribution in [2.24, 2.45) is 5.73 Å². The van der Waals surface area contributed by atoms with Gasteiger partial charge in [0.25, 0.3) is 5.91 Å². The third-order valence-corrected chi connectivity index (χ3v) is 9.05. The summed E-state index contributed by atoms with van der Waals surface area (Å²) in [4.78, 5) is 36.1. The summed E-state index contributed by atoms with van der Waals surface area (Å²) in [6.45, 7) is -1.96. The summed E-state index contributed by atoms with van der Waals surface area (Å²) in [7, 11) is 0. The van der Waals surface area contributed by atoms with E-state index in [0.29, 0.717) is 25.8 Å². The molecule has 0 aliphatic carbocycles. The molecule has 3 fully saturated rings. The van der Waals surface area contributed by atoms with E-state index in [0.717, 1.165) is 0 Å². The van der Waals surface area contributed by atoms with Gasteiger partial charge >= 0.3 is 0 Å². The largest absolute Gasteiger partial charge is 0.394 e. The van der Waals surface area contributed by atoms with Gasteiger partial charge in [0.15, 0.2) is 18.9 Å². The van der Waals surface area contributed by atoms with Crippen LogP contribution in [0.2, 0.25) is 0 Å². The van der Waals surface area contributed by atoms with Crippen LogP contribution in [0.15, 0.2) is 0 Å². The predicted molar refractivity (Wildman–Crippen MR) is 177 cm³/mol. The van der Waals surface area contributed by atoms with Gasteiger partial charge in [0, 0.05) is 6.54 Å². The van der Waals surface area contributed by atoms with E-state index in [2.05, 4.69) is 16.2 Å². The summed E-state index contributed by atoms with van der Waals surface area (Å²) in [5, 5.41) is 105. The molecule has 3 aliphatic heterocycles. The summed E-state index contributed by atoms with van der Waals surface area (Å²) >= 11 is 0. The normalized spacial score (nSPS) is 37.3. The zero-order chi connectivity index (χ0) is 40.8. The lowest BCUT2D eigenvalue weighted by atomic mass is 9.96. The van der Waals surface area contributed by atoms with E-state index in [4.69, 9.17) is 38.9 Å². The molecule has 320 valence electrons. The molecule has 24 nitrogen and oxygen atoms in total. The number of hydrazine groups is 1. The Morgan fingerprint density at radius 3 is 1.85 bits per heavy atom. The van der Waals surface area contributed by atoms with Crippen LogP contribution in [-0.4, -0.2) is 220 Å². The Hall–Kier alpha value is -2.15. The lowest BCUT2D eigenvalue weighted by Crippen LogP contribution is -2.65. The average molecular weight is 805 g/mol. The smallest absolute Gasteiger partial charge is 0.260 e. The van der Waals surface area contributed by atoms with Gasteiger partial charge in [0.1, 0.15) is 92.2 Å². The SMILES string of the molecule is CC(=O)[C@H](CCCCN)NNC(=O)COCC(=O)NCCO[C@@H]1O[C@H](CO[C@H]2O[C@H](CO)[C@@H](O)[C@H](O)[C@@H]2O)[C@@H](O)[C@H](O[C@H]2O[C@H](CO)[C@@H](O)[C@H](O)[C@@H]2O)[C@@H]1O. The van der Waals surface area contributed by atoms with E-state index in [-0.39, 0.29) is 18.9 Å². The molecule has 0 aromatic heterocycles. The molecule has 2 amide bonds. The van der Waals surface area contributed by atoms with Crippen molar-refractivity contribution in [3.63, 3.8) is 0 Å². The Bertz CT molecular complexity index is 1180. The first kappa shape index (κ1) is 47.2. The maximum Gasteiger partial charge on any atom is 0.260 e. The van der Waals surface area contributed by atoms with E-state index in [1.165, 1.54) is 6.92 Å². The van der Waals surface area contributed by atoms with Gasteiger partial charge in [0.05, 0.1) is 32.5 Å². The van der Waals surface area contributed by atoms with Gasteiger partial charge < -0.3 is 95.3 Å². The number of hydrogen-bond acceptors (Lipinski definition) is 22. The molecule has 0 bridgehead atoms. The Kier molecular flexibility index (Phi) is 20.0. The van der Waals surface area contributed by atoms with Crippen molar-refractivity contribution in [1.29, 1.82) is 0 Å². The third-order valence-electron chi connectivity index (χ3n) is 9.05. The van der Waals surface area contributed by atoms with Crippen LogP contribution < -0.4 is 21.9 Å².